The fraction of sp³-hybridized carbons (Fsp3) is 0.875. The lowest BCUT2D eigenvalue weighted by Crippen LogP contribution is -2.43. The number of hydrogen-bond donors (Lipinski definition) is 1. The smallest absolute Gasteiger partial charge is 0.316 e. The summed E-state index contributed by atoms with van der Waals surface area (Å²) in [6.07, 6.45) is 1.77. The third kappa shape index (κ3) is 1.31. The molecule has 70 valence electrons. The molecule has 0 spiro atoms. The van der Waals surface area contributed by atoms with E-state index in [-0.39, 0.29) is 12.5 Å². The zero-order valence-electron chi connectivity index (χ0n) is 7.18. The summed E-state index contributed by atoms with van der Waals surface area (Å²) in [7, 11) is 1.27. The lowest BCUT2D eigenvalue weighted by atomic mass is 9.84. The number of alkyl halides is 1. The van der Waals surface area contributed by atoms with Crippen molar-refractivity contribution in [2.45, 2.75) is 12.8 Å². The summed E-state index contributed by atoms with van der Waals surface area (Å²) >= 11 is 0. The Morgan fingerprint density at radius 1 is 1.75 bits per heavy atom. The van der Waals surface area contributed by atoms with Crippen LogP contribution in [0, 0.1) is 11.3 Å². The minimum Gasteiger partial charge on any atom is -0.468 e. The Morgan fingerprint density at radius 3 is 2.58 bits per heavy atom. The van der Waals surface area contributed by atoms with Gasteiger partial charge in [0.25, 0.3) is 0 Å². The number of halogens is 1. The maximum absolute atomic E-state index is 12.7. The Balaban J connectivity index is 2.74. The Labute approximate surface area is 71.1 Å². The number of rotatable bonds is 4. The first-order valence-electron chi connectivity index (χ1n) is 4.05. The average Bonchev–Trinajstić information content (AvgIpc) is 2.91. The molecule has 1 aliphatic carbocycles. The molecule has 1 atom stereocenters. The number of carbonyl (C=O) groups excluding carboxylic acids is 1. The van der Waals surface area contributed by atoms with E-state index in [1.54, 1.807) is 0 Å². The molecule has 1 aliphatic rings. The highest BCUT2D eigenvalue weighted by Crippen LogP contribution is 2.46. The molecule has 0 aromatic carbocycles. The first kappa shape index (κ1) is 9.45. The molecule has 0 radical (unpaired) electrons. The normalized spacial score (nSPS) is 21.6. The highest BCUT2D eigenvalue weighted by Gasteiger charge is 2.51. The van der Waals surface area contributed by atoms with Crippen molar-refractivity contribution in [1.29, 1.82) is 0 Å². The first-order chi connectivity index (χ1) is 5.71. The van der Waals surface area contributed by atoms with E-state index in [9.17, 15) is 9.18 Å². The first-order valence-corrected chi connectivity index (χ1v) is 4.05. The van der Waals surface area contributed by atoms with Gasteiger partial charge >= 0.3 is 5.97 Å². The van der Waals surface area contributed by atoms with Crippen LogP contribution in [0.5, 0.6) is 0 Å². The molecule has 0 aliphatic heterocycles. The Morgan fingerprint density at radius 2 is 2.33 bits per heavy atom. The lowest BCUT2D eigenvalue weighted by molar-refractivity contribution is -0.154. The molecule has 4 heteroatoms. The SMILES string of the molecule is COC(=O)C(CN)(CF)C1CC1. The number of methoxy groups -OCH3 is 1. The van der Waals surface area contributed by atoms with Gasteiger partial charge in [-0.2, -0.15) is 0 Å². The molecule has 0 bridgehead atoms. The largest absolute Gasteiger partial charge is 0.468 e. The van der Waals surface area contributed by atoms with Crippen LogP contribution in [0.2, 0.25) is 0 Å². The summed E-state index contributed by atoms with van der Waals surface area (Å²) < 4.78 is 17.2. The van der Waals surface area contributed by atoms with Gasteiger partial charge in [0.15, 0.2) is 0 Å². The Kier molecular flexibility index (Phi) is 2.67. The predicted molar refractivity (Wildman–Crippen MR) is 42.2 cm³/mol. The third-order valence-corrected chi connectivity index (χ3v) is 2.55. The molecule has 1 unspecified atom stereocenters. The number of carbonyl (C=O) groups is 1. The van der Waals surface area contributed by atoms with Gasteiger partial charge in [0.2, 0.25) is 0 Å². The van der Waals surface area contributed by atoms with E-state index >= 15 is 0 Å². The molecule has 1 rings (SSSR count). The van der Waals surface area contributed by atoms with Crippen molar-refractivity contribution in [2.24, 2.45) is 17.1 Å². The maximum Gasteiger partial charge on any atom is 0.316 e. The second-order valence-electron chi connectivity index (χ2n) is 3.26. The van der Waals surface area contributed by atoms with Crippen LogP contribution in [-0.2, 0) is 9.53 Å². The zero-order chi connectivity index (χ0) is 9.19. The van der Waals surface area contributed by atoms with Crippen molar-refractivity contribution >= 4 is 5.97 Å². The molecule has 0 heterocycles. The molecule has 0 aromatic rings. The molecule has 0 amide bonds. The minimum atomic E-state index is -1.05. The monoisotopic (exact) mass is 175 g/mol. The van der Waals surface area contributed by atoms with E-state index in [2.05, 4.69) is 4.74 Å². The van der Waals surface area contributed by atoms with Crippen LogP contribution < -0.4 is 5.73 Å². The van der Waals surface area contributed by atoms with E-state index in [4.69, 9.17) is 5.73 Å². The minimum absolute atomic E-state index is 0.0425. The molecule has 3 nitrogen and oxygen atoms in total. The highest BCUT2D eigenvalue weighted by molar-refractivity contribution is 5.78. The second-order valence-corrected chi connectivity index (χ2v) is 3.26. The van der Waals surface area contributed by atoms with Crippen LogP contribution in [0.25, 0.3) is 0 Å². The molecule has 1 fully saturated rings. The Hall–Kier alpha value is -0.640. The molecule has 0 saturated heterocycles. The molecular weight excluding hydrogens is 161 g/mol. The fourth-order valence-corrected chi connectivity index (χ4v) is 1.47. The van der Waals surface area contributed by atoms with E-state index < -0.39 is 18.1 Å². The predicted octanol–water partition coefficient (Wildman–Crippen LogP) is 0.484. The van der Waals surface area contributed by atoms with Crippen LogP contribution >= 0.6 is 0 Å². The third-order valence-electron chi connectivity index (χ3n) is 2.55. The van der Waals surface area contributed by atoms with Crippen molar-refractivity contribution in [1.82, 2.24) is 0 Å². The van der Waals surface area contributed by atoms with Crippen molar-refractivity contribution in [3.05, 3.63) is 0 Å². The summed E-state index contributed by atoms with van der Waals surface area (Å²) in [6.45, 7) is -0.665. The number of nitrogens with two attached hydrogens (primary N) is 1. The summed E-state index contributed by atoms with van der Waals surface area (Å²) in [4.78, 5) is 11.2. The van der Waals surface area contributed by atoms with Crippen LogP contribution in [0.1, 0.15) is 12.8 Å². The molecule has 1 saturated carbocycles. The summed E-state index contributed by atoms with van der Waals surface area (Å²) in [5, 5.41) is 0. The fourth-order valence-electron chi connectivity index (χ4n) is 1.47. The van der Waals surface area contributed by atoms with Crippen molar-refractivity contribution in [2.75, 3.05) is 20.3 Å². The van der Waals surface area contributed by atoms with Gasteiger partial charge in [0.1, 0.15) is 12.1 Å². The molecule has 0 aromatic heterocycles. The topological polar surface area (TPSA) is 52.3 Å². The maximum atomic E-state index is 12.7. The van der Waals surface area contributed by atoms with Crippen molar-refractivity contribution in [3.8, 4) is 0 Å². The van der Waals surface area contributed by atoms with Gasteiger partial charge in [-0.25, -0.2) is 4.39 Å². The van der Waals surface area contributed by atoms with Gasteiger partial charge in [-0.3, -0.25) is 4.79 Å². The van der Waals surface area contributed by atoms with Crippen LogP contribution in [-0.4, -0.2) is 26.3 Å². The Bertz CT molecular complexity index is 176. The molecular formula is C8H14FNO2. The van der Waals surface area contributed by atoms with Crippen molar-refractivity contribution in [3.63, 3.8) is 0 Å². The average molecular weight is 175 g/mol. The van der Waals surface area contributed by atoms with Gasteiger partial charge in [0.05, 0.1) is 7.11 Å². The van der Waals surface area contributed by atoms with Gasteiger partial charge in [-0.05, 0) is 18.8 Å². The van der Waals surface area contributed by atoms with Gasteiger partial charge in [0, 0.05) is 6.54 Å². The van der Waals surface area contributed by atoms with Crippen LogP contribution in [0.3, 0.4) is 0 Å². The summed E-state index contributed by atoms with van der Waals surface area (Å²) in [5.41, 5.74) is 4.35. The second kappa shape index (κ2) is 3.39. The highest BCUT2D eigenvalue weighted by atomic mass is 19.1. The number of ether oxygens (including phenoxy) is 1. The lowest BCUT2D eigenvalue weighted by Gasteiger charge is -2.25. The quantitative estimate of drug-likeness (QED) is 0.632. The van der Waals surface area contributed by atoms with Gasteiger partial charge < -0.3 is 10.5 Å². The van der Waals surface area contributed by atoms with Crippen molar-refractivity contribution < 1.29 is 13.9 Å². The van der Waals surface area contributed by atoms with Crippen LogP contribution in [0.15, 0.2) is 0 Å². The molecule has 2 N–H and O–H groups in total. The van der Waals surface area contributed by atoms with E-state index in [1.165, 1.54) is 7.11 Å². The van der Waals surface area contributed by atoms with Gasteiger partial charge in [-0.1, -0.05) is 0 Å². The van der Waals surface area contributed by atoms with E-state index in [1.807, 2.05) is 0 Å². The zero-order valence-corrected chi connectivity index (χ0v) is 7.18. The summed E-state index contributed by atoms with van der Waals surface area (Å²) in [5.74, 6) is -0.407. The number of hydrogen-bond acceptors (Lipinski definition) is 3. The van der Waals surface area contributed by atoms with Crippen LogP contribution in [0.4, 0.5) is 4.39 Å². The standard InChI is InChI=1S/C8H14FNO2/c1-12-7(11)8(4-9,5-10)6-2-3-6/h6H,2-5,10H2,1H3. The van der Waals surface area contributed by atoms with E-state index in [0.29, 0.717) is 0 Å². The van der Waals surface area contributed by atoms with E-state index in [0.717, 1.165) is 12.8 Å². The number of esters is 1. The van der Waals surface area contributed by atoms with Gasteiger partial charge in [-0.15, -0.1) is 0 Å². The summed E-state index contributed by atoms with van der Waals surface area (Å²) in [6, 6.07) is 0. The molecule has 12 heavy (non-hydrogen) atoms.